The van der Waals surface area contributed by atoms with Gasteiger partial charge in [0.05, 0.1) is 7.11 Å². The zero-order chi connectivity index (χ0) is 11.5. The van der Waals surface area contributed by atoms with Crippen molar-refractivity contribution in [3.8, 4) is 5.75 Å². The monoisotopic (exact) mass is 220 g/mol. The van der Waals surface area contributed by atoms with Gasteiger partial charge in [-0.2, -0.15) is 0 Å². The maximum Gasteiger partial charge on any atom is 0.125 e. The maximum atomic E-state index is 9.26. The fraction of sp³-hybridized carbons (Fsp3) is 0.571. The van der Waals surface area contributed by atoms with Crippen LogP contribution in [0.25, 0.3) is 0 Å². The van der Waals surface area contributed by atoms with Gasteiger partial charge in [-0.25, -0.2) is 0 Å². The molecule has 0 fully saturated rings. The Hall–Kier alpha value is -1.02. The summed E-state index contributed by atoms with van der Waals surface area (Å²) in [6.07, 6.45) is 4.81. The van der Waals surface area contributed by atoms with Crippen LogP contribution in [0, 0.1) is 0 Å². The summed E-state index contributed by atoms with van der Waals surface area (Å²) in [4.78, 5) is 0. The molecular formula is C14H20O2. The fourth-order valence-corrected chi connectivity index (χ4v) is 2.54. The predicted octanol–water partition coefficient (Wildman–Crippen LogP) is 2.67. The Morgan fingerprint density at radius 2 is 2.06 bits per heavy atom. The molecule has 0 aromatic heterocycles. The second-order valence-electron chi connectivity index (χ2n) is 4.62. The minimum atomic E-state index is 0.155. The Bertz CT molecular complexity index is 371. The zero-order valence-electron chi connectivity index (χ0n) is 10.1. The second kappa shape index (κ2) is 4.88. The van der Waals surface area contributed by atoms with Crippen molar-refractivity contribution >= 4 is 0 Å². The highest BCUT2D eigenvalue weighted by Gasteiger charge is 2.19. The van der Waals surface area contributed by atoms with E-state index in [-0.39, 0.29) is 12.5 Å². The molecule has 0 spiro atoms. The van der Waals surface area contributed by atoms with E-state index in [0.717, 1.165) is 17.7 Å². The van der Waals surface area contributed by atoms with E-state index < -0.39 is 0 Å². The Labute approximate surface area is 97.3 Å². The standard InChI is InChI=1S/C14H20O2/c1-10(9-15)12-8-7-11-5-3-4-6-13(11)14(12)16-2/h7-8,10,15H,3-6,9H2,1-2H3. The van der Waals surface area contributed by atoms with Gasteiger partial charge in [0.2, 0.25) is 0 Å². The third-order valence-corrected chi connectivity index (χ3v) is 3.52. The molecule has 1 N–H and O–H groups in total. The first-order valence-corrected chi connectivity index (χ1v) is 6.07. The quantitative estimate of drug-likeness (QED) is 0.848. The van der Waals surface area contributed by atoms with Crippen molar-refractivity contribution in [3.05, 3.63) is 28.8 Å². The number of aliphatic hydroxyl groups excluding tert-OH is 1. The molecule has 1 aromatic rings. The molecule has 1 unspecified atom stereocenters. The van der Waals surface area contributed by atoms with Gasteiger partial charge in [-0.1, -0.05) is 19.1 Å². The van der Waals surface area contributed by atoms with E-state index in [0.29, 0.717) is 0 Å². The molecule has 0 heterocycles. The normalized spacial score (nSPS) is 16.7. The summed E-state index contributed by atoms with van der Waals surface area (Å²) >= 11 is 0. The second-order valence-corrected chi connectivity index (χ2v) is 4.62. The van der Waals surface area contributed by atoms with Gasteiger partial charge < -0.3 is 9.84 Å². The molecule has 2 nitrogen and oxygen atoms in total. The van der Waals surface area contributed by atoms with Gasteiger partial charge in [0.25, 0.3) is 0 Å². The molecule has 0 aliphatic heterocycles. The van der Waals surface area contributed by atoms with Crippen LogP contribution < -0.4 is 4.74 Å². The van der Waals surface area contributed by atoms with Gasteiger partial charge in [-0.05, 0) is 42.4 Å². The lowest BCUT2D eigenvalue weighted by atomic mass is 9.87. The molecule has 88 valence electrons. The Morgan fingerprint density at radius 3 is 2.75 bits per heavy atom. The average Bonchev–Trinajstić information content (AvgIpc) is 2.36. The molecule has 0 amide bonds. The van der Waals surface area contributed by atoms with Crippen LogP contribution in [-0.4, -0.2) is 18.8 Å². The Balaban J connectivity index is 2.47. The molecule has 0 radical (unpaired) electrons. The van der Waals surface area contributed by atoms with Crippen molar-refractivity contribution < 1.29 is 9.84 Å². The maximum absolute atomic E-state index is 9.26. The van der Waals surface area contributed by atoms with Gasteiger partial charge in [-0.3, -0.25) is 0 Å². The van der Waals surface area contributed by atoms with Crippen molar-refractivity contribution in [2.45, 2.75) is 38.5 Å². The van der Waals surface area contributed by atoms with Crippen LogP contribution in [0.1, 0.15) is 42.4 Å². The van der Waals surface area contributed by atoms with E-state index in [2.05, 4.69) is 12.1 Å². The summed E-state index contributed by atoms with van der Waals surface area (Å²) in [7, 11) is 1.73. The average molecular weight is 220 g/mol. The van der Waals surface area contributed by atoms with Gasteiger partial charge in [0.15, 0.2) is 0 Å². The smallest absolute Gasteiger partial charge is 0.125 e. The van der Waals surface area contributed by atoms with Crippen LogP contribution in [0.15, 0.2) is 12.1 Å². The fourth-order valence-electron chi connectivity index (χ4n) is 2.54. The van der Waals surface area contributed by atoms with Gasteiger partial charge in [0, 0.05) is 12.5 Å². The number of aryl methyl sites for hydroxylation is 1. The topological polar surface area (TPSA) is 29.5 Å². The lowest BCUT2D eigenvalue weighted by Crippen LogP contribution is -2.09. The molecule has 1 aromatic carbocycles. The van der Waals surface area contributed by atoms with E-state index >= 15 is 0 Å². The van der Waals surface area contributed by atoms with E-state index in [4.69, 9.17) is 4.74 Å². The molecule has 2 rings (SSSR count). The van der Waals surface area contributed by atoms with Gasteiger partial charge in [0.1, 0.15) is 5.75 Å². The van der Waals surface area contributed by atoms with Crippen LogP contribution in [0.5, 0.6) is 5.75 Å². The number of fused-ring (bicyclic) bond motifs is 1. The zero-order valence-corrected chi connectivity index (χ0v) is 10.1. The summed E-state index contributed by atoms with van der Waals surface area (Å²) in [5.41, 5.74) is 3.94. The molecule has 1 aliphatic rings. The van der Waals surface area contributed by atoms with Crippen LogP contribution in [-0.2, 0) is 12.8 Å². The van der Waals surface area contributed by atoms with Crippen molar-refractivity contribution in [1.82, 2.24) is 0 Å². The van der Waals surface area contributed by atoms with Crippen molar-refractivity contribution in [3.63, 3.8) is 0 Å². The number of benzene rings is 1. The number of hydrogen-bond acceptors (Lipinski definition) is 2. The van der Waals surface area contributed by atoms with Crippen molar-refractivity contribution in [1.29, 1.82) is 0 Å². The number of hydrogen-bond donors (Lipinski definition) is 1. The lowest BCUT2D eigenvalue weighted by Gasteiger charge is -2.23. The molecule has 1 atom stereocenters. The molecule has 16 heavy (non-hydrogen) atoms. The van der Waals surface area contributed by atoms with E-state index in [1.807, 2.05) is 6.92 Å². The van der Waals surface area contributed by atoms with E-state index in [1.165, 1.54) is 30.4 Å². The van der Waals surface area contributed by atoms with Crippen LogP contribution in [0.3, 0.4) is 0 Å². The summed E-state index contributed by atoms with van der Waals surface area (Å²) in [5.74, 6) is 1.17. The van der Waals surface area contributed by atoms with Crippen molar-refractivity contribution in [2.24, 2.45) is 0 Å². The first kappa shape index (κ1) is 11.5. The Morgan fingerprint density at radius 1 is 1.31 bits per heavy atom. The highest BCUT2D eigenvalue weighted by molar-refractivity contribution is 5.49. The molecular weight excluding hydrogens is 200 g/mol. The van der Waals surface area contributed by atoms with E-state index in [1.54, 1.807) is 7.11 Å². The third kappa shape index (κ3) is 1.94. The van der Waals surface area contributed by atoms with Crippen LogP contribution in [0.2, 0.25) is 0 Å². The van der Waals surface area contributed by atoms with Crippen LogP contribution >= 0.6 is 0 Å². The molecule has 1 aliphatic carbocycles. The first-order valence-electron chi connectivity index (χ1n) is 6.07. The first-order chi connectivity index (χ1) is 7.77. The minimum Gasteiger partial charge on any atom is -0.496 e. The highest BCUT2D eigenvalue weighted by atomic mass is 16.5. The number of rotatable bonds is 3. The third-order valence-electron chi connectivity index (χ3n) is 3.52. The lowest BCUT2D eigenvalue weighted by molar-refractivity contribution is 0.269. The highest BCUT2D eigenvalue weighted by Crippen LogP contribution is 2.36. The molecule has 0 saturated heterocycles. The number of methoxy groups -OCH3 is 1. The molecule has 0 saturated carbocycles. The van der Waals surface area contributed by atoms with Gasteiger partial charge >= 0.3 is 0 Å². The SMILES string of the molecule is COc1c(C(C)CO)ccc2c1CCCC2. The predicted molar refractivity (Wildman–Crippen MR) is 65.1 cm³/mol. The minimum absolute atomic E-state index is 0.155. The summed E-state index contributed by atoms with van der Waals surface area (Å²) in [5, 5.41) is 9.26. The summed E-state index contributed by atoms with van der Waals surface area (Å²) < 4.78 is 5.56. The Kier molecular flexibility index (Phi) is 3.49. The summed E-state index contributed by atoms with van der Waals surface area (Å²) in [6, 6.07) is 4.32. The van der Waals surface area contributed by atoms with E-state index in [9.17, 15) is 5.11 Å². The van der Waals surface area contributed by atoms with Gasteiger partial charge in [-0.15, -0.1) is 0 Å². The number of ether oxygens (including phenoxy) is 1. The molecule has 2 heteroatoms. The largest absolute Gasteiger partial charge is 0.496 e. The summed E-state index contributed by atoms with van der Waals surface area (Å²) in [6.45, 7) is 2.21. The molecule has 0 bridgehead atoms. The number of aliphatic hydroxyl groups is 1. The van der Waals surface area contributed by atoms with Crippen LogP contribution in [0.4, 0.5) is 0 Å². The van der Waals surface area contributed by atoms with Crippen molar-refractivity contribution in [2.75, 3.05) is 13.7 Å².